The van der Waals surface area contributed by atoms with Crippen molar-refractivity contribution in [2.45, 2.75) is 6.10 Å². The van der Waals surface area contributed by atoms with E-state index in [4.69, 9.17) is 11.6 Å². The molecule has 0 aliphatic rings. The van der Waals surface area contributed by atoms with E-state index in [0.29, 0.717) is 0 Å². The molecule has 0 spiro atoms. The molecule has 0 bridgehead atoms. The summed E-state index contributed by atoms with van der Waals surface area (Å²) in [7, 11) is 1.19. The topological polar surface area (TPSA) is 59.4 Å². The summed E-state index contributed by atoms with van der Waals surface area (Å²) in [6, 6.07) is 3.09. The van der Waals surface area contributed by atoms with Gasteiger partial charge in [-0.2, -0.15) is 0 Å². The molecule has 1 rings (SSSR count). The summed E-state index contributed by atoms with van der Waals surface area (Å²) in [5.41, 5.74) is 0.246. The Morgan fingerprint density at radius 1 is 1.77 bits per heavy atom. The second-order valence-electron chi connectivity index (χ2n) is 2.31. The molecular formula is C8H8ClNO3. The summed E-state index contributed by atoms with van der Waals surface area (Å²) in [5, 5.41) is 9.47. The summed E-state index contributed by atoms with van der Waals surface area (Å²) in [6.07, 6.45) is 0.0988. The van der Waals surface area contributed by atoms with Gasteiger partial charge in [-0.3, -0.25) is 0 Å². The Morgan fingerprint density at radius 2 is 2.46 bits per heavy atom. The number of carbonyl (C=O) groups is 1. The zero-order valence-corrected chi connectivity index (χ0v) is 7.65. The van der Waals surface area contributed by atoms with E-state index in [1.165, 1.54) is 19.4 Å². The fourth-order valence-corrected chi connectivity index (χ4v) is 1.06. The summed E-state index contributed by atoms with van der Waals surface area (Å²) < 4.78 is 4.35. The van der Waals surface area contributed by atoms with Crippen LogP contribution in [0.15, 0.2) is 18.3 Å². The molecule has 0 saturated carbocycles. The molecule has 70 valence electrons. The Hall–Kier alpha value is -1.13. The standard InChI is InChI=1S/C8H8ClNO3/c1-13-8(12)6(11)5-3-2-4-10-7(5)9/h2-4,6,11H,1H3. The van der Waals surface area contributed by atoms with Gasteiger partial charge in [0.15, 0.2) is 6.10 Å². The van der Waals surface area contributed by atoms with E-state index in [2.05, 4.69) is 9.72 Å². The minimum atomic E-state index is -1.37. The maximum absolute atomic E-state index is 10.9. The number of ether oxygens (including phenoxy) is 1. The number of rotatable bonds is 2. The number of methoxy groups -OCH3 is 1. The smallest absolute Gasteiger partial charge is 0.339 e. The van der Waals surface area contributed by atoms with Crippen LogP contribution in [0.25, 0.3) is 0 Å². The van der Waals surface area contributed by atoms with Crippen molar-refractivity contribution in [1.82, 2.24) is 4.98 Å². The van der Waals surface area contributed by atoms with Crippen molar-refractivity contribution in [2.24, 2.45) is 0 Å². The average molecular weight is 202 g/mol. The highest BCUT2D eigenvalue weighted by Gasteiger charge is 2.20. The van der Waals surface area contributed by atoms with Gasteiger partial charge in [0, 0.05) is 11.8 Å². The van der Waals surface area contributed by atoms with Crippen molar-refractivity contribution in [2.75, 3.05) is 7.11 Å². The van der Waals surface area contributed by atoms with Crippen LogP contribution in [0.3, 0.4) is 0 Å². The first-order valence-electron chi connectivity index (χ1n) is 3.53. The van der Waals surface area contributed by atoms with E-state index in [1.807, 2.05) is 0 Å². The summed E-state index contributed by atoms with van der Waals surface area (Å²) in [5.74, 6) is -0.755. The molecule has 4 nitrogen and oxygen atoms in total. The van der Waals surface area contributed by atoms with E-state index < -0.39 is 12.1 Å². The molecule has 0 saturated heterocycles. The molecular weight excluding hydrogens is 194 g/mol. The van der Waals surface area contributed by atoms with Crippen LogP contribution in [-0.2, 0) is 9.53 Å². The minimum Gasteiger partial charge on any atom is -0.467 e. The van der Waals surface area contributed by atoms with Gasteiger partial charge in [-0.05, 0) is 6.07 Å². The molecule has 13 heavy (non-hydrogen) atoms. The number of aliphatic hydroxyl groups is 1. The first kappa shape index (κ1) is 9.95. The number of hydrogen-bond donors (Lipinski definition) is 1. The van der Waals surface area contributed by atoms with Crippen LogP contribution in [0, 0.1) is 0 Å². The number of pyridine rings is 1. The van der Waals surface area contributed by atoms with Gasteiger partial charge >= 0.3 is 5.97 Å². The lowest BCUT2D eigenvalue weighted by atomic mass is 10.2. The van der Waals surface area contributed by atoms with Gasteiger partial charge in [0.05, 0.1) is 7.11 Å². The Morgan fingerprint density at radius 3 is 3.00 bits per heavy atom. The van der Waals surface area contributed by atoms with Gasteiger partial charge in [-0.25, -0.2) is 9.78 Å². The van der Waals surface area contributed by atoms with Crippen molar-refractivity contribution >= 4 is 17.6 Å². The van der Waals surface area contributed by atoms with Crippen molar-refractivity contribution in [1.29, 1.82) is 0 Å². The first-order chi connectivity index (χ1) is 6.16. The number of hydrogen-bond acceptors (Lipinski definition) is 4. The SMILES string of the molecule is COC(=O)C(O)c1cccnc1Cl. The second-order valence-corrected chi connectivity index (χ2v) is 2.67. The number of carbonyl (C=O) groups excluding carboxylic acids is 1. The normalized spacial score (nSPS) is 12.2. The maximum Gasteiger partial charge on any atom is 0.339 e. The van der Waals surface area contributed by atoms with Crippen LogP contribution in [-0.4, -0.2) is 23.2 Å². The highest BCUT2D eigenvalue weighted by molar-refractivity contribution is 6.30. The van der Waals surface area contributed by atoms with Crippen LogP contribution >= 0.6 is 11.6 Å². The fraction of sp³-hybridized carbons (Fsp3) is 0.250. The molecule has 0 fully saturated rings. The van der Waals surface area contributed by atoms with Crippen LogP contribution < -0.4 is 0 Å². The van der Waals surface area contributed by atoms with Gasteiger partial charge in [-0.15, -0.1) is 0 Å². The average Bonchev–Trinajstić information content (AvgIpc) is 2.16. The molecule has 1 aromatic heterocycles. The molecule has 0 aromatic carbocycles. The molecule has 1 N–H and O–H groups in total. The molecule has 0 radical (unpaired) electrons. The zero-order valence-electron chi connectivity index (χ0n) is 6.90. The Balaban J connectivity index is 2.95. The second kappa shape index (κ2) is 4.20. The third-order valence-electron chi connectivity index (χ3n) is 1.51. The summed E-state index contributed by atoms with van der Waals surface area (Å²) in [6.45, 7) is 0. The molecule has 0 aliphatic heterocycles. The minimum absolute atomic E-state index is 0.0976. The Bertz CT molecular complexity index is 316. The quantitative estimate of drug-likeness (QED) is 0.572. The van der Waals surface area contributed by atoms with Crippen LogP contribution in [0.5, 0.6) is 0 Å². The maximum atomic E-state index is 10.9. The van der Waals surface area contributed by atoms with E-state index in [-0.39, 0.29) is 10.7 Å². The number of aliphatic hydroxyl groups excluding tert-OH is 1. The van der Waals surface area contributed by atoms with Crippen molar-refractivity contribution in [3.05, 3.63) is 29.0 Å². The first-order valence-corrected chi connectivity index (χ1v) is 3.91. The molecule has 1 heterocycles. The van der Waals surface area contributed by atoms with E-state index in [9.17, 15) is 9.90 Å². The predicted octanol–water partition coefficient (Wildman–Crippen LogP) is 0.941. The van der Waals surface area contributed by atoms with Gasteiger partial charge in [0.1, 0.15) is 5.15 Å². The van der Waals surface area contributed by atoms with Crippen LogP contribution in [0.1, 0.15) is 11.7 Å². The number of nitrogens with zero attached hydrogens (tertiary/aromatic N) is 1. The molecule has 1 atom stereocenters. The lowest BCUT2D eigenvalue weighted by Crippen LogP contribution is -2.14. The fourth-order valence-electron chi connectivity index (χ4n) is 0.841. The summed E-state index contributed by atoms with van der Waals surface area (Å²) >= 11 is 5.64. The van der Waals surface area contributed by atoms with Crippen molar-refractivity contribution in [3.63, 3.8) is 0 Å². The number of esters is 1. The number of halogens is 1. The molecule has 5 heteroatoms. The van der Waals surface area contributed by atoms with Gasteiger partial charge in [-0.1, -0.05) is 17.7 Å². The highest BCUT2D eigenvalue weighted by atomic mass is 35.5. The zero-order chi connectivity index (χ0) is 9.84. The summed E-state index contributed by atoms with van der Waals surface area (Å²) in [4.78, 5) is 14.6. The van der Waals surface area contributed by atoms with Gasteiger partial charge < -0.3 is 9.84 Å². The Labute approximate surface area is 80.1 Å². The monoisotopic (exact) mass is 201 g/mol. The third-order valence-corrected chi connectivity index (χ3v) is 1.82. The Kier molecular flexibility index (Phi) is 3.22. The van der Waals surface area contributed by atoms with Gasteiger partial charge in [0.2, 0.25) is 0 Å². The third kappa shape index (κ3) is 2.17. The van der Waals surface area contributed by atoms with E-state index in [0.717, 1.165) is 0 Å². The largest absolute Gasteiger partial charge is 0.467 e. The molecule has 1 unspecified atom stereocenters. The number of aromatic nitrogens is 1. The lowest BCUT2D eigenvalue weighted by Gasteiger charge is -2.08. The lowest BCUT2D eigenvalue weighted by molar-refractivity contribution is -0.150. The van der Waals surface area contributed by atoms with Crippen LogP contribution in [0.2, 0.25) is 5.15 Å². The van der Waals surface area contributed by atoms with Crippen molar-refractivity contribution in [3.8, 4) is 0 Å². The predicted molar refractivity (Wildman–Crippen MR) is 46.2 cm³/mol. The van der Waals surface area contributed by atoms with E-state index in [1.54, 1.807) is 6.07 Å². The molecule has 1 aromatic rings. The molecule has 0 amide bonds. The van der Waals surface area contributed by atoms with E-state index >= 15 is 0 Å². The van der Waals surface area contributed by atoms with Crippen LogP contribution in [0.4, 0.5) is 0 Å². The van der Waals surface area contributed by atoms with Crippen molar-refractivity contribution < 1.29 is 14.6 Å². The van der Waals surface area contributed by atoms with Gasteiger partial charge in [0.25, 0.3) is 0 Å². The highest BCUT2D eigenvalue weighted by Crippen LogP contribution is 2.20. The molecule has 0 aliphatic carbocycles.